The number of nitrogens with zero attached hydrogens (tertiary/aromatic N) is 4. The number of pyridine rings is 1. The molecule has 1 aromatic heterocycles. The standard InChI is InChI=1S/C15H18FN5O2S/c1-10(22)20-5-7-21(8-6-20)15(24)19-18-12-3-9-23-14-11(16)2-4-17-13(12)14/h2,4H,3,5-9H2,1H3,(H,19,24)/b18-12-. The van der Waals surface area contributed by atoms with E-state index in [0.717, 1.165) is 0 Å². The van der Waals surface area contributed by atoms with Crippen LogP contribution >= 0.6 is 12.2 Å². The first-order chi connectivity index (χ1) is 11.6. The first-order valence-corrected chi connectivity index (χ1v) is 8.11. The lowest BCUT2D eigenvalue weighted by Gasteiger charge is -2.35. The molecular formula is C15H18FN5O2S. The van der Waals surface area contributed by atoms with Gasteiger partial charge in [0, 0.05) is 45.7 Å². The van der Waals surface area contributed by atoms with Gasteiger partial charge in [0.15, 0.2) is 16.7 Å². The number of hydrogen-bond donors (Lipinski definition) is 1. The van der Waals surface area contributed by atoms with Crippen molar-refractivity contribution in [3.63, 3.8) is 0 Å². The number of amides is 1. The van der Waals surface area contributed by atoms with Gasteiger partial charge in [-0.1, -0.05) is 0 Å². The predicted octanol–water partition coefficient (Wildman–Crippen LogP) is 0.746. The lowest BCUT2D eigenvalue weighted by molar-refractivity contribution is -0.130. The predicted molar refractivity (Wildman–Crippen MR) is 90.4 cm³/mol. The first-order valence-electron chi connectivity index (χ1n) is 7.71. The Kier molecular flexibility index (Phi) is 4.89. The van der Waals surface area contributed by atoms with E-state index in [1.54, 1.807) is 11.8 Å². The molecule has 1 aromatic rings. The molecule has 0 radical (unpaired) electrons. The van der Waals surface area contributed by atoms with Crippen LogP contribution in [0.1, 0.15) is 19.0 Å². The van der Waals surface area contributed by atoms with Gasteiger partial charge in [-0.3, -0.25) is 15.2 Å². The number of carbonyl (C=O) groups is 1. The zero-order valence-corrected chi connectivity index (χ0v) is 14.1. The molecule has 3 rings (SSSR count). The molecule has 0 aliphatic carbocycles. The maximum atomic E-state index is 13.7. The highest BCUT2D eigenvalue weighted by Crippen LogP contribution is 2.25. The number of thiocarbonyl (C=S) groups is 1. The van der Waals surface area contributed by atoms with Crippen LogP contribution in [0.3, 0.4) is 0 Å². The lowest BCUT2D eigenvalue weighted by atomic mass is 10.1. The van der Waals surface area contributed by atoms with Crippen LogP contribution < -0.4 is 10.2 Å². The number of fused-ring (bicyclic) bond motifs is 1. The van der Waals surface area contributed by atoms with Crippen LogP contribution in [-0.4, -0.2) is 64.3 Å². The summed E-state index contributed by atoms with van der Waals surface area (Å²) in [6, 6.07) is 1.26. The van der Waals surface area contributed by atoms with Crippen molar-refractivity contribution in [1.29, 1.82) is 0 Å². The summed E-state index contributed by atoms with van der Waals surface area (Å²) in [6.45, 7) is 4.49. The Morgan fingerprint density at radius 3 is 2.79 bits per heavy atom. The minimum Gasteiger partial charge on any atom is -0.488 e. The van der Waals surface area contributed by atoms with E-state index in [0.29, 0.717) is 55.7 Å². The van der Waals surface area contributed by atoms with E-state index in [2.05, 4.69) is 15.5 Å². The molecule has 1 fully saturated rings. The van der Waals surface area contributed by atoms with Crippen LogP contribution in [0.4, 0.5) is 4.39 Å². The summed E-state index contributed by atoms with van der Waals surface area (Å²) < 4.78 is 19.0. The average Bonchev–Trinajstić information content (AvgIpc) is 2.60. The van der Waals surface area contributed by atoms with Gasteiger partial charge in [-0.15, -0.1) is 0 Å². The average molecular weight is 351 g/mol. The van der Waals surface area contributed by atoms with Crippen molar-refractivity contribution >= 4 is 28.9 Å². The molecule has 3 heterocycles. The molecule has 1 saturated heterocycles. The molecule has 0 atom stereocenters. The molecular weight excluding hydrogens is 333 g/mol. The van der Waals surface area contributed by atoms with Crippen molar-refractivity contribution in [2.75, 3.05) is 32.8 Å². The van der Waals surface area contributed by atoms with Crippen LogP contribution in [0.25, 0.3) is 0 Å². The van der Waals surface area contributed by atoms with Crippen LogP contribution in [0.15, 0.2) is 17.4 Å². The zero-order valence-electron chi connectivity index (χ0n) is 13.3. The molecule has 0 unspecified atom stereocenters. The number of aromatic nitrogens is 1. The molecule has 24 heavy (non-hydrogen) atoms. The van der Waals surface area contributed by atoms with E-state index < -0.39 is 5.82 Å². The van der Waals surface area contributed by atoms with Crippen LogP contribution in [-0.2, 0) is 4.79 Å². The number of rotatable bonds is 1. The van der Waals surface area contributed by atoms with Crippen molar-refractivity contribution in [2.24, 2.45) is 5.10 Å². The highest BCUT2D eigenvalue weighted by atomic mass is 32.1. The van der Waals surface area contributed by atoms with Gasteiger partial charge in [0.05, 0.1) is 12.3 Å². The third kappa shape index (κ3) is 3.45. The molecule has 128 valence electrons. The summed E-state index contributed by atoms with van der Waals surface area (Å²) in [5.41, 5.74) is 3.86. The highest BCUT2D eigenvalue weighted by Gasteiger charge is 2.23. The third-order valence-corrected chi connectivity index (χ3v) is 4.36. The van der Waals surface area contributed by atoms with Gasteiger partial charge in [-0.25, -0.2) is 4.39 Å². The van der Waals surface area contributed by atoms with Crippen LogP contribution in [0.5, 0.6) is 5.75 Å². The van der Waals surface area contributed by atoms with Gasteiger partial charge in [0.2, 0.25) is 5.91 Å². The lowest BCUT2D eigenvalue weighted by Crippen LogP contribution is -2.52. The van der Waals surface area contributed by atoms with Gasteiger partial charge in [0.25, 0.3) is 0 Å². The van der Waals surface area contributed by atoms with Crippen molar-refractivity contribution in [3.8, 4) is 5.75 Å². The second kappa shape index (κ2) is 7.08. The maximum absolute atomic E-state index is 13.7. The molecule has 1 amide bonds. The van der Waals surface area contributed by atoms with Gasteiger partial charge < -0.3 is 14.5 Å². The summed E-state index contributed by atoms with van der Waals surface area (Å²) >= 11 is 5.35. The number of hydrogen-bond acceptors (Lipinski definition) is 5. The van der Waals surface area contributed by atoms with Crippen LogP contribution in [0, 0.1) is 5.82 Å². The number of carbonyl (C=O) groups excluding carboxylic acids is 1. The molecule has 0 bridgehead atoms. The third-order valence-electron chi connectivity index (χ3n) is 4.01. The smallest absolute Gasteiger partial charge is 0.219 e. The van der Waals surface area contributed by atoms with Crippen molar-refractivity contribution in [2.45, 2.75) is 13.3 Å². The fourth-order valence-electron chi connectivity index (χ4n) is 2.66. The number of piperazine rings is 1. The molecule has 0 saturated carbocycles. The first kappa shape index (κ1) is 16.6. The minimum absolute atomic E-state index is 0.0701. The Bertz CT molecular complexity index is 688. The summed E-state index contributed by atoms with van der Waals surface area (Å²) in [5.74, 6) is -0.249. The number of ether oxygens (including phenoxy) is 1. The number of nitrogens with one attached hydrogen (secondary N) is 1. The Labute approximate surface area is 144 Å². The minimum atomic E-state index is -0.449. The molecule has 7 nitrogen and oxygen atoms in total. The maximum Gasteiger partial charge on any atom is 0.219 e. The quantitative estimate of drug-likeness (QED) is 0.595. The largest absolute Gasteiger partial charge is 0.488 e. The number of hydrazone groups is 1. The Morgan fingerprint density at radius 1 is 1.38 bits per heavy atom. The van der Waals surface area contributed by atoms with E-state index in [-0.39, 0.29) is 11.7 Å². The molecule has 2 aliphatic heterocycles. The van der Waals surface area contributed by atoms with E-state index >= 15 is 0 Å². The normalized spacial score (nSPS) is 18.8. The van der Waals surface area contributed by atoms with Crippen molar-refractivity contribution in [3.05, 3.63) is 23.8 Å². The fraction of sp³-hybridized carbons (Fsp3) is 0.467. The van der Waals surface area contributed by atoms with Gasteiger partial charge in [0.1, 0.15) is 5.69 Å². The monoisotopic (exact) mass is 351 g/mol. The van der Waals surface area contributed by atoms with Gasteiger partial charge in [-0.05, 0) is 18.3 Å². The van der Waals surface area contributed by atoms with Crippen LogP contribution in [0.2, 0.25) is 0 Å². The Hall–Kier alpha value is -2.29. The molecule has 1 N–H and O–H groups in total. The topological polar surface area (TPSA) is 70.1 Å². The van der Waals surface area contributed by atoms with E-state index in [1.807, 2.05) is 4.90 Å². The molecule has 0 spiro atoms. The van der Waals surface area contributed by atoms with E-state index in [1.165, 1.54) is 12.3 Å². The summed E-state index contributed by atoms with van der Waals surface area (Å²) in [4.78, 5) is 19.2. The highest BCUT2D eigenvalue weighted by molar-refractivity contribution is 7.80. The van der Waals surface area contributed by atoms with Crippen molar-refractivity contribution < 1.29 is 13.9 Å². The van der Waals surface area contributed by atoms with Crippen molar-refractivity contribution in [1.82, 2.24) is 20.2 Å². The Balaban J connectivity index is 1.64. The van der Waals surface area contributed by atoms with E-state index in [9.17, 15) is 9.18 Å². The second-order valence-corrected chi connectivity index (χ2v) is 5.92. The zero-order chi connectivity index (χ0) is 17.1. The summed E-state index contributed by atoms with van der Waals surface area (Å²) in [5, 5.41) is 4.77. The Morgan fingerprint density at radius 2 is 2.08 bits per heavy atom. The number of halogens is 1. The van der Waals surface area contributed by atoms with E-state index in [4.69, 9.17) is 17.0 Å². The summed E-state index contributed by atoms with van der Waals surface area (Å²) in [7, 11) is 0. The molecule has 9 heteroatoms. The van der Waals surface area contributed by atoms with Gasteiger partial charge >= 0.3 is 0 Å². The summed E-state index contributed by atoms with van der Waals surface area (Å²) in [6.07, 6.45) is 1.91. The molecule has 2 aliphatic rings. The van der Waals surface area contributed by atoms with Gasteiger partial charge in [-0.2, -0.15) is 5.10 Å². The fourth-order valence-corrected chi connectivity index (χ4v) is 2.88. The SMILES string of the molecule is CC(=O)N1CCN(C(=S)N/N=C2/CCOc3c(F)ccnc32)CC1. The second-order valence-electron chi connectivity index (χ2n) is 5.54. The molecule has 0 aromatic carbocycles.